The number of carbonyl (C=O) groups is 1. The quantitative estimate of drug-likeness (QED) is 0.691. The molecule has 1 aliphatic heterocycles. The van der Waals surface area contributed by atoms with Gasteiger partial charge in [0, 0.05) is 22.7 Å². The second kappa shape index (κ2) is 5.81. The second-order valence-corrected chi connectivity index (χ2v) is 6.49. The van der Waals surface area contributed by atoms with Crippen molar-refractivity contribution in [3.8, 4) is 0 Å². The Morgan fingerprint density at radius 1 is 0.833 bits per heavy atom. The molecule has 1 heterocycles. The fourth-order valence-corrected chi connectivity index (χ4v) is 3.60. The van der Waals surface area contributed by atoms with E-state index in [0.29, 0.717) is 17.0 Å². The lowest BCUT2D eigenvalue weighted by molar-refractivity contribution is 0.0958. The first-order valence-electron chi connectivity index (χ1n) is 7.91. The zero-order valence-corrected chi connectivity index (χ0v) is 13.8. The molecule has 0 aromatic heterocycles. The number of halogens is 1. The molecule has 0 unspecified atom stereocenters. The molecule has 1 N–H and O–H groups in total. The minimum atomic E-state index is -0.569. The predicted molar refractivity (Wildman–Crippen MR) is 97.7 cm³/mol. The number of anilines is 1. The van der Waals surface area contributed by atoms with Gasteiger partial charge in [0.05, 0.1) is 5.54 Å². The maximum atomic E-state index is 12.9. The Kier molecular flexibility index (Phi) is 3.62. The number of benzene rings is 3. The van der Waals surface area contributed by atoms with Crippen LogP contribution in [-0.2, 0) is 5.54 Å². The summed E-state index contributed by atoms with van der Waals surface area (Å²) in [6.45, 7) is 0. The molecule has 1 aliphatic rings. The van der Waals surface area contributed by atoms with Gasteiger partial charge in [-0.15, -0.1) is 0 Å². The van der Waals surface area contributed by atoms with Gasteiger partial charge in [-0.2, -0.15) is 0 Å². The van der Waals surface area contributed by atoms with Crippen molar-refractivity contribution in [1.29, 1.82) is 0 Å². The number of hydrogen-bond donors (Lipinski definition) is 1. The fourth-order valence-electron chi connectivity index (χ4n) is 3.43. The smallest absolute Gasteiger partial charge is 0.168 e. The van der Waals surface area contributed by atoms with Crippen LogP contribution in [0.3, 0.4) is 0 Å². The van der Waals surface area contributed by atoms with E-state index < -0.39 is 5.54 Å². The van der Waals surface area contributed by atoms with E-state index in [9.17, 15) is 4.79 Å². The van der Waals surface area contributed by atoms with Gasteiger partial charge in [-0.25, -0.2) is 0 Å². The highest BCUT2D eigenvalue weighted by Crippen LogP contribution is 2.42. The molecule has 3 heteroatoms. The maximum absolute atomic E-state index is 12.9. The van der Waals surface area contributed by atoms with Gasteiger partial charge in [0.2, 0.25) is 0 Å². The van der Waals surface area contributed by atoms with Crippen molar-refractivity contribution in [3.63, 3.8) is 0 Å². The van der Waals surface area contributed by atoms with Crippen LogP contribution in [0.25, 0.3) is 0 Å². The molecule has 0 aliphatic carbocycles. The van der Waals surface area contributed by atoms with E-state index in [1.807, 2.05) is 48.5 Å². The number of fused-ring (bicyclic) bond motifs is 1. The van der Waals surface area contributed by atoms with Gasteiger partial charge >= 0.3 is 0 Å². The number of hydrogen-bond acceptors (Lipinski definition) is 2. The van der Waals surface area contributed by atoms with Crippen LogP contribution in [0.5, 0.6) is 0 Å². The number of ketones is 1. The molecule has 4 rings (SSSR count). The molecule has 0 saturated carbocycles. The highest BCUT2D eigenvalue weighted by atomic mass is 35.5. The Balaban J connectivity index is 1.93. The molecule has 0 bridgehead atoms. The largest absolute Gasteiger partial charge is 0.371 e. The van der Waals surface area contributed by atoms with E-state index in [1.54, 1.807) is 6.07 Å². The van der Waals surface area contributed by atoms with Gasteiger partial charge in [-0.1, -0.05) is 72.3 Å². The zero-order chi connectivity index (χ0) is 16.6. The summed E-state index contributed by atoms with van der Waals surface area (Å²) in [5.74, 6) is 0.0963. The lowest BCUT2D eigenvalue weighted by Crippen LogP contribution is -2.42. The molecule has 0 fully saturated rings. The summed E-state index contributed by atoms with van der Waals surface area (Å²) in [6, 6.07) is 25.7. The average Bonchev–Trinajstić information content (AvgIpc) is 2.63. The lowest BCUT2D eigenvalue weighted by atomic mass is 9.75. The van der Waals surface area contributed by atoms with Gasteiger partial charge in [-0.05, 0) is 29.3 Å². The van der Waals surface area contributed by atoms with E-state index >= 15 is 0 Å². The number of Topliss-reactive ketones (excluding diaryl/α,β-unsaturated/α-hetero) is 1. The van der Waals surface area contributed by atoms with Crippen LogP contribution >= 0.6 is 11.6 Å². The fraction of sp³-hybridized carbons (Fsp3) is 0.0952. The van der Waals surface area contributed by atoms with E-state index in [1.165, 1.54) is 0 Å². The van der Waals surface area contributed by atoms with E-state index in [2.05, 4.69) is 29.6 Å². The molecule has 3 aromatic rings. The molecular formula is C21H16ClNO. The minimum Gasteiger partial charge on any atom is -0.371 e. The first-order valence-corrected chi connectivity index (χ1v) is 8.29. The third kappa shape index (κ3) is 2.40. The van der Waals surface area contributed by atoms with Crippen LogP contribution in [0, 0.1) is 0 Å². The summed E-state index contributed by atoms with van der Waals surface area (Å²) in [7, 11) is 0. The monoisotopic (exact) mass is 333 g/mol. The summed E-state index contributed by atoms with van der Waals surface area (Å²) in [5, 5.41) is 4.20. The van der Waals surface area contributed by atoms with Crippen LogP contribution < -0.4 is 5.32 Å². The van der Waals surface area contributed by atoms with Gasteiger partial charge in [0.25, 0.3) is 0 Å². The summed E-state index contributed by atoms with van der Waals surface area (Å²) < 4.78 is 0. The summed E-state index contributed by atoms with van der Waals surface area (Å²) >= 11 is 6.07. The second-order valence-electron chi connectivity index (χ2n) is 6.05. The van der Waals surface area contributed by atoms with Gasteiger partial charge in [0.15, 0.2) is 5.78 Å². The molecule has 0 atom stereocenters. The predicted octanol–water partition coefficient (Wildman–Crippen LogP) is 5.28. The van der Waals surface area contributed by atoms with Gasteiger partial charge in [-0.3, -0.25) is 4.79 Å². The summed E-state index contributed by atoms with van der Waals surface area (Å²) in [4.78, 5) is 12.9. The van der Waals surface area contributed by atoms with E-state index in [-0.39, 0.29) is 5.78 Å². The number of nitrogens with one attached hydrogen (secondary N) is 1. The highest BCUT2D eigenvalue weighted by Gasteiger charge is 2.41. The minimum absolute atomic E-state index is 0.0963. The van der Waals surface area contributed by atoms with Crippen molar-refractivity contribution in [2.45, 2.75) is 12.0 Å². The van der Waals surface area contributed by atoms with Crippen LogP contribution in [-0.4, -0.2) is 5.78 Å². The van der Waals surface area contributed by atoms with Crippen molar-refractivity contribution in [2.24, 2.45) is 0 Å². The maximum Gasteiger partial charge on any atom is 0.168 e. The Bertz CT molecular complexity index is 851. The van der Waals surface area contributed by atoms with Crippen LogP contribution in [0.2, 0.25) is 5.02 Å². The van der Waals surface area contributed by atoms with Crippen LogP contribution in [0.4, 0.5) is 5.69 Å². The van der Waals surface area contributed by atoms with Crippen molar-refractivity contribution in [3.05, 3.63) is 101 Å². The SMILES string of the molecule is O=C1CC(c2ccccc2)(c2ccccc2)Nc2ccc(Cl)cc21. The normalized spacial score (nSPS) is 15.5. The highest BCUT2D eigenvalue weighted by molar-refractivity contribution is 6.31. The Morgan fingerprint density at radius 3 is 2.00 bits per heavy atom. The molecule has 0 spiro atoms. The van der Waals surface area contributed by atoms with Gasteiger partial charge in [0.1, 0.15) is 0 Å². The summed E-state index contributed by atoms with van der Waals surface area (Å²) in [5.41, 5.74) is 3.06. The molecule has 24 heavy (non-hydrogen) atoms. The van der Waals surface area contributed by atoms with E-state index in [4.69, 9.17) is 11.6 Å². The van der Waals surface area contributed by atoms with Gasteiger partial charge < -0.3 is 5.32 Å². The lowest BCUT2D eigenvalue weighted by Gasteiger charge is -2.40. The number of carbonyl (C=O) groups excluding carboxylic acids is 1. The standard InChI is InChI=1S/C21H16ClNO/c22-17-11-12-19-18(13-17)20(24)14-21(23-19,15-7-3-1-4-8-15)16-9-5-2-6-10-16/h1-13,23H,14H2. The molecule has 0 amide bonds. The molecule has 0 saturated heterocycles. The van der Waals surface area contributed by atoms with Crippen molar-refractivity contribution < 1.29 is 4.79 Å². The summed E-state index contributed by atoms with van der Waals surface area (Å²) in [6.07, 6.45) is 0.356. The number of rotatable bonds is 2. The molecular weight excluding hydrogens is 318 g/mol. The third-order valence-electron chi connectivity index (χ3n) is 4.59. The van der Waals surface area contributed by atoms with Crippen molar-refractivity contribution >= 4 is 23.1 Å². The molecule has 3 aromatic carbocycles. The first-order chi connectivity index (χ1) is 11.7. The third-order valence-corrected chi connectivity index (χ3v) is 4.82. The Labute approximate surface area is 146 Å². The molecule has 2 nitrogen and oxygen atoms in total. The Morgan fingerprint density at radius 2 is 1.42 bits per heavy atom. The molecule has 0 radical (unpaired) electrons. The first kappa shape index (κ1) is 15.0. The van der Waals surface area contributed by atoms with Crippen LogP contribution in [0.1, 0.15) is 27.9 Å². The van der Waals surface area contributed by atoms with E-state index in [0.717, 1.165) is 16.8 Å². The molecule has 118 valence electrons. The zero-order valence-electron chi connectivity index (χ0n) is 13.0. The van der Waals surface area contributed by atoms with Crippen molar-refractivity contribution in [2.75, 3.05) is 5.32 Å². The average molecular weight is 334 g/mol. The van der Waals surface area contributed by atoms with Crippen LogP contribution in [0.15, 0.2) is 78.9 Å². The topological polar surface area (TPSA) is 29.1 Å². The Hall–Kier alpha value is -2.58. The van der Waals surface area contributed by atoms with Crippen molar-refractivity contribution in [1.82, 2.24) is 0 Å².